The minimum absolute atomic E-state index is 0.0584. The lowest BCUT2D eigenvalue weighted by molar-refractivity contribution is -0.119. The Morgan fingerprint density at radius 1 is 1.39 bits per heavy atom. The first-order valence-electron chi connectivity index (χ1n) is 9.88. The van der Waals surface area contributed by atoms with Gasteiger partial charge in [-0.15, -0.1) is 16.8 Å². The Hall–Kier alpha value is -2.06. The molecule has 0 radical (unpaired) electrons. The summed E-state index contributed by atoms with van der Waals surface area (Å²) in [6.07, 6.45) is 8.22. The minimum Gasteiger partial charge on any atom is -0.467 e. The van der Waals surface area contributed by atoms with Crippen LogP contribution in [0.15, 0.2) is 40.6 Å². The molecule has 28 heavy (non-hydrogen) atoms. The molecule has 1 aliphatic heterocycles. The SMILES string of the molecule is C=CCn1c(CCN2CCCCC2)nnc1SCC(=O)N[C@@H](C)c1ccco1. The lowest BCUT2D eigenvalue weighted by atomic mass is 10.1. The zero-order valence-electron chi connectivity index (χ0n) is 16.5. The number of nitrogens with zero attached hydrogens (tertiary/aromatic N) is 4. The first kappa shape index (κ1) is 20.7. The predicted octanol–water partition coefficient (Wildman–Crippen LogP) is 3.06. The van der Waals surface area contributed by atoms with E-state index in [4.69, 9.17) is 4.42 Å². The molecule has 3 heterocycles. The summed E-state index contributed by atoms with van der Waals surface area (Å²) >= 11 is 1.40. The van der Waals surface area contributed by atoms with Crippen LogP contribution in [0.1, 0.15) is 43.8 Å². The van der Waals surface area contributed by atoms with Crippen molar-refractivity contribution >= 4 is 17.7 Å². The molecule has 1 saturated heterocycles. The molecule has 0 unspecified atom stereocenters. The highest BCUT2D eigenvalue weighted by Crippen LogP contribution is 2.19. The Kier molecular flexibility index (Phi) is 7.73. The van der Waals surface area contributed by atoms with Gasteiger partial charge in [-0.1, -0.05) is 24.3 Å². The van der Waals surface area contributed by atoms with E-state index in [9.17, 15) is 4.79 Å². The highest BCUT2D eigenvalue weighted by atomic mass is 32.2. The van der Waals surface area contributed by atoms with Crippen LogP contribution in [0.3, 0.4) is 0 Å². The van der Waals surface area contributed by atoms with Crippen LogP contribution < -0.4 is 5.32 Å². The number of piperidine rings is 1. The molecule has 0 spiro atoms. The molecule has 0 bridgehead atoms. The number of carbonyl (C=O) groups is 1. The molecule has 2 aromatic rings. The molecule has 1 N–H and O–H groups in total. The number of nitrogens with one attached hydrogen (secondary N) is 1. The van der Waals surface area contributed by atoms with Crippen LogP contribution in [0.2, 0.25) is 0 Å². The molecule has 152 valence electrons. The predicted molar refractivity (Wildman–Crippen MR) is 110 cm³/mol. The second-order valence-corrected chi connectivity index (χ2v) is 7.99. The van der Waals surface area contributed by atoms with E-state index in [1.54, 1.807) is 6.26 Å². The quantitative estimate of drug-likeness (QED) is 0.485. The van der Waals surface area contributed by atoms with Crippen molar-refractivity contribution in [3.8, 4) is 0 Å². The molecule has 1 atom stereocenters. The highest BCUT2D eigenvalue weighted by molar-refractivity contribution is 7.99. The minimum atomic E-state index is -0.158. The van der Waals surface area contributed by atoms with Crippen molar-refractivity contribution in [2.75, 3.05) is 25.4 Å². The van der Waals surface area contributed by atoms with Crippen molar-refractivity contribution in [1.82, 2.24) is 25.0 Å². The van der Waals surface area contributed by atoms with Crippen molar-refractivity contribution in [3.05, 3.63) is 42.6 Å². The monoisotopic (exact) mass is 403 g/mol. The maximum Gasteiger partial charge on any atom is 0.231 e. The van der Waals surface area contributed by atoms with Gasteiger partial charge in [-0.3, -0.25) is 4.79 Å². The number of aromatic nitrogens is 3. The van der Waals surface area contributed by atoms with E-state index in [1.807, 2.05) is 25.1 Å². The molecule has 0 saturated carbocycles. The Labute approximate surface area is 170 Å². The van der Waals surface area contributed by atoms with Crippen LogP contribution in [0, 0.1) is 0 Å². The molecular weight excluding hydrogens is 374 g/mol. The third-order valence-electron chi connectivity index (χ3n) is 4.89. The number of hydrogen-bond donors (Lipinski definition) is 1. The van der Waals surface area contributed by atoms with E-state index in [2.05, 4.69) is 31.6 Å². The average molecular weight is 404 g/mol. The molecule has 1 aliphatic rings. The summed E-state index contributed by atoms with van der Waals surface area (Å²) in [5.41, 5.74) is 0. The molecule has 1 amide bonds. The Morgan fingerprint density at radius 3 is 2.93 bits per heavy atom. The van der Waals surface area contributed by atoms with Crippen molar-refractivity contribution in [2.45, 2.75) is 50.4 Å². The summed E-state index contributed by atoms with van der Waals surface area (Å²) in [4.78, 5) is 14.8. The van der Waals surface area contributed by atoms with Gasteiger partial charge in [0.1, 0.15) is 11.6 Å². The third kappa shape index (κ3) is 5.72. The number of amides is 1. The van der Waals surface area contributed by atoms with Crippen LogP contribution >= 0.6 is 11.8 Å². The fourth-order valence-electron chi connectivity index (χ4n) is 3.39. The summed E-state index contributed by atoms with van der Waals surface area (Å²) in [7, 11) is 0. The number of likely N-dealkylation sites (tertiary alicyclic amines) is 1. The van der Waals surface area contributed by atoms with Gasteiger partial charge in [-0.2, -0.15) is 0 Å². The van der Waals surface area contributed by atoms with E-state index in [-0.39, 0.29) is 17.7 Å². The summed E-state index contributed by atoms with van der Waals surface area (Å²) in [6.45, 7) is 9.74. The smallest absolute Gasteiger partial charge is 0.231 e. The van der Waals surface area contributed by atoms with E-state index in [1.165, 1.54) is 44.1 Å². The first-order chi connectivity index (χ1) is 13.7. The highest BCUT2D eigenvalue weighted by Gasteiger charge is 2.17. The fraction of sp³-hybridized carbons (Fsp3) is 0.550. The maximum atomic E-state index is 12.3. The number of carbonyl (C=O) groups excluding carboxylic acids is 1. The standard InChI is InChI=1S/C20H29N5O2S/c1-3-10-25-18(9-13-24-11-5-4-6-12-24)22-23-20(25)28-15-19(26)21-16(2)17-8-7-14-27-17/h3,7-8,14,16H,1,4-6,9-13,15H2,2H3,(H,21,26)/t16-/m0/s1. The first-order valence-corrected chi connectivity index (χ1v) is 10.9. The van der Waals surface area contributed by atoms with Crippen LogP contribution in [0.5, 0.6) is 0 Å². The molecule has 2 aromatic heterocycles. The van der Waals surface area contributed by atoms with Crippen molar-refractivity contribution < 1.29 is 9.21 Å². The van der Waals surface area contributed by atoms with Gasteiger partial charge in [0.15, 0.2) is 5.16 Å². The van der Waals surface area contributed by atoms with E-state index < -0.39 is 0 Å². The van der Waals surface area contributed by atoms with Crippen molar-refractivity contribution in [1.29, 1.82) is 0 Å². The summed E-state index contributed by atoms with van der Waals surface area (Å²) < 4.78 is 7.39. The van der Waals surface area contributed by atoms with E-state index >= 15 is 0 Å². The number of rotatable bonds is 10. The van der Waals surface area contributed by atoms with Gasteiger partial charge in [-0.05, 0) is 45.0 Å². The van der Waals surface area contributed by atoms with E-state index in [0.29, 0.717) is 6.54 Å². The molecule has 0 aromatic carbocycles. The van der Waals surface area contributed by atoms with Gasteiger partial charge in [0.2, 0.25) is 5.91 Å². The summed E-state index contributed by atoms with van der Waals surface area (Å²) in [5.74, 6) is 1.93. The molecule has 8 heteroatoms. The molecule has 0 aliphatic carbocycles. The van der Waals surface area contributed by atoms with Gasteiger partial charge in [0, 0.05) is 19.5 Å². The Bertz CT molecular complexity index is 753. The zero-order valence-corrected chi connectivity index (χ0v) is 17.3. The number of hydrogen-bond acceptors (Lipinski definition) is 6. The average Bonchev–Trinajstić information content (AvgIpc) is 3.37. The van der Waals surface area contributed by atoms with Crippen LogP contribution in [-0.2, 0) is 17.8 Å². The zero-order chi connectivity index (χ0) is 19.8. The van der Waals surface area contributed by atoms with Gasteiger partial charge >= 0.3 is 0 Å². The normalized spacial score (nSPS) is 16.0. The van der Waals surface area contributed by atoms with Crippen LogP contribution in [-0.4, -0.2) is 51.0 Å². The van der Waals surface area contributed by atoms with Gasteiger partial charge in [0.05, 0.1) is 18.1 Å². The van der Waals surface area contributed by atoms with Gasteiger partial charge in [-0.25, -0.2) is 0 Å². The molecule has 3 rings (SSSR count). The van der Waals surface area contributed by atoms with E-state index in [0.717, 1.165) is 29.7 Å². The number of thioether (sulfide) groups is 1. The second-order valence-electron chi connectivity index (χ2n) is 7.04. The largest absolute Gasteiger partial charge is 0.467 e. The summed E-state index contributed by atoms with van der Waals surface area (Å²) in [5, 5.41) is 12.4. The fourth-order valence-corrected chi connectivity index (χ4v) is 4.16. The van der Waals surface area contributed by atoms with Gasteiger partial charge < -0.3 is 19.2 Å². The second kappa shape index (κ2) is 10.5. The lowest BCUT2D eigenvalue weighted by Gasteiger charge is -2.26. The lowest BCUT2D eigenvalue weighted by Crippen LogP contribution is -2.32. The Morgan fingerprint density at radius 2 is 2.21 bits per heavy atom. The van der Waals surface area contributed by atoms with Crippen LogP contribution in [0.25, 0.3) is 0 Å². The topological polar surface area (TPSA) is 76.2 Å². The van der Waals surface area contributed by atoms with Crippen LogP contribution in [0.4, 0.5) is 0 Å². The number of furan rings is 1. The third-order valence-corrected chi connectivity index (χ3v) is 5.85. The molecule has 7 nitrogen and oxygen atoms in total. The maximum absolute atomic E-state index is 12.3. The van der Waals surface area contributed by atoms with Crippen molar-refractivity contribution in [2.24, 2.45) is 0 Å². The summed E-state index contributed by atoms with van der Waals surface area (Å²) in [6, 6.07) is 3.51. The molecule has 1 fully saturated rings. The number of allylic oxidation sites excluding steroid dienone is 1. The van der Waals surface area contributed by atoms with Crippen molar-refractivity contribution in [3.63, 3.8) is 0 Å². The molecular formula is C20H29N5O2S. The van der Waals surface area contributed by atoms with Gasteiger partial charge in [0.25, 0.3) is 0 Å². The Balaban J connectivity index is 1.53.